The number of halogens is 1. The maximum Gasteiger partial charge on any atom is 0.0300 e. The highest BCUT2D eigenvalue weighted by Gasteiger charge is 2.14. The third-order valence-corrected chi connectivity index (χ3v) is 3.84. The largest absolute Gasteiger partial charge is 0.311 e. The van der Waals surface area contributed by atoms with Gasteiger partial charge in [0.1, 0.15) is 0 Å². The summed E-state index contributed by atoms with van der Waals surface area (Å²) < 4.78 is 1.18. The van der Waals surface area contributed by atoms with Gasteiger partial charge in [0.15, 0.2) is 0 Å². The summed E-state index contributed by atoms with van der Waals surface area (Å²) in [5.74, 6) is 0. The van der Waals surface area contributed by atoms with Crippen molar-refractivity contribution in [3.8, 4) is 0 Å². The first kappa shape index (κ1) is 13.2. The van der Waals surface area contributed by atoms with Crippen molar-refractivity contribution < 1.29 is 0 Å². The number of hydrogen-bond acceptors (Lipinski definition) is 3. The van der Waals surface area contributed by atoms with Crippen LogP contribution in [0.4, 0.5) is 0 Å². The molecule has 2 nitrogen and oxygen atoms in total. The molecule has 0 fully saturated rings. The summed E-state index contributed by atoms with van der Waals surface area (Å²) in [4.78, 5) is 1.37. The van der Waals surface area contributed by atoms with Crippen LogP contribution < -0.4 is 10.6 Å². The minimum atomic E-state index is 0.170. The van der Waals surface area contributed by atoms with E-state index in [1.165, 1.54) is 9.35 Å². The van der Waals surface area contributed by atoms with Crippen LogP contribution >= 0.6 is 27.3 Å². The number of thiophene rings is 1. The van der Waals surface area contributed by atoms with E-state index in [0.29, 0.717) is 0 Å². The fraction of sp³-hybridized carbons (Fsp3) is 0.636. The normalized spacial score (nSPS) is 12.0. The smallest absolute Gasteiger partial charge is 0.0300 e. The van der Waals surface area contributed by atoms with Crippen molar-refractivity contribution in [2.24, 2.45) is 0 Å². The van der Waals surface area contributed by atoms with Gasteiger partial charge in [0, 0.05) is 33.4 Å². The molecule has 4 heteroatoms. The van der Waals surface area contributed by atoms with E-state index in [1.54, 1.807) is 11.3 Å². The quantitative estimate of drug-likeness (QED) is 0.842. The molecule has 1 aromatic heterocycles. The highest BCUT2D eigenvalue weighted by molar-refractivity contribution is 9.10. The topological polar surface area (TPSA) is 24.1 Å². The first-order chi connectivity index (χ1) is 7.03. The Balaban J connectivity index is 2.27. The molecule has 0 unspecified atom stereocenters. The van der Waals surface area contributed by atoms with Crippen LogP contribution in [0.2, 0.25) is 0 Å². The van der Waals surface area contributed by atoms with Crippen molar-refractivity contribution in [3.05, 3.63) is 20.8 Å². The fourth-order valence-corrected chi connectivity index (χ4v) is 2.91. The second-order valence-electron chi connectivity index (χ2n) is 4.25. The van der Waals surface area contributed by atoms with Crippen LogP contribution in [0.15, 0.2) is 15.9 Å². The molecule has 0 radical (unpaired) electrons. The Morgan fingerprint density at radius 3 is 2.73 bits per heavy atom. The van der Waals surface area contributed by atoms with Crippen LogP contribution in [0.1, 0.15) is 25.6 Å². The molecule has 0 aliphatic rings. The number of nitrogens with one attached hydrogen (secondary N) is 2. The summed E-state index contributed by atoms with van der Waals surface area (Å²) in [7, 11) is 0. The van der Waals surface area contributed by atoms with E-state index in [2.05, 4.69) is 58.8 Å². The molecular formula is C11H19BrN2S. The van der Waals surface area contributed by atoms with Gasteiger partial charge < -0.3 is 10.6 Å². The van der Waals surface area contributed by atoms with E-state index in [1.807, 2.05) is 0 Å². The number of rotatable bonds is 6. The summed E-state index contributed by atoms with van der Waals surface area (Å²) >= 11 is 5.24. The van der Waals surface area contributed by atoms with Crippen molar-refractivity contribution in [2.75, 3.05) is 13.1 Å². The molecule has 0 atom stereocenters. The summed E-state index contributed by atoms with van der Waals surface area (Å²) in [6.45, 7) is 9.51. The monoisotopic (exact) mass is 290 g/mol. The van der Waals surface area contributed by atoms with E-state index in [-0.39, 0.29) is 5.54 Å². The van der Waals surface area contributed by atoms with E-state index < -0.39 is 0 Å². The minimum Gasteiger partial charge on any atom is -0.311 e. The number of hydrogen-bond donors (Lipinski definition) is 2. The summed E-state index contributed by atoms with van der Waals surface area (Å²) in [5.41, 5.74) is 0.170. The average molecular weight is 291 g/mol. The molecule has 0 saturated heterocycles. The first-order valence-corrected chi connectivity index (χ1v) is 6.89. The Kier molecular flexibility index (Phi) is 5.26. The minimum absolute atomic E-state index is 0.170. The Labute approximate surface area is 105 Å². The van der Waals surface area contributed by atoms with Gasteiger partial charge in [0.25, 0.3) is 0 Å². The standard InChI is InChI=1S/C11H19BrN2S/c1-4-14-11(2,3)8-13-6-10-5-9(12)7-15-10/h5,7,13-14H,4,6,8H2,1-3H3. The Morgan fingerprint density at radius 1 is 1.47 bits per heavy atom. The Hall–Kier alpha value is 0.1000. The molecule has 0 bridgehead atoms. The van der Waals surface area contributed by atoms with Gasteiger partial charge in [-0.2, -0.15) is 0 Å². The predicted octanol–water partition coefficient (Wildman–Crippen LogP) is 2.99. The maximum atomic E-state index is 3.47. The van der Waals surface area contributed by atoms with Crippen molar-refractivity contribution in [1.29, 1.82) is 0 Å². The van der Waals surface area contributed by atoms with E-state index >= 15 is 0 Å². The van der Waals surface area contributed by atoms with Crippen LogP contribution in [0.5, 0.6) is 0 Å². The molecule has 0 aliphatic carbocycles. The van der Waals surface area contributed by atoms with E-state index in [0.717, 1.165) is 19.6 Å². The van der Waals surface area contributed by atoms with Gasteiger partial charge in [-0.05, 0) is 42.4 Å². The van der Waals surface area contributed by atoms with Gasteiger partial charge in [0.05, 0.1) is 0 Å². The predicted molar refractivity (Wildman–Crippen MR) is 71.5 cm³/mol. The second kappa shape index (κ2) is 5.99. The summed E-state index contributed by atoms with van der Waals surface area (Å²) in [5, 5.41) is 9.03. The van der Waals surface area contributed by atoms with Gasteiger partial charge >= 0.3 is 0 Å². The van der Waals surface area contributed by atoms with Gasteiger partial charge in [0.2, 0.25) is 0 Å². The van der Waals surface area contributed by atoms with Crippen molar-refractivity contribution in [2.45, 2.75) is 32.9 Å². The molecule has 0 spiro atoms. The summed E-state index contributed by atoms with van der Waals surface area (Å²) in [6.07, 6.45) is 0. The zero-order valence-corrected chi connectivity index (χ0v) is 12.0. The average Bonchev–Trinajstić information content (AvgIpc) is 2.51. The van der Waals surface area contributed by atoms with Crippen molar-refractivity contribution in [3.63, 3.8) is 0 Å². The molecule has 1 rings (SSSR count). The molecule has 0 saturated carbocycles. The number of likely N-dealkylation sites (N-methyl/N-ethyl adjacent to an activating group) is 1. The maximum absolute atomic E-state index is 3.47. The Bertz CT molecular complexity index is 297. The summed E-state index contributed by atoms with van der Waals surface area (Å²) in [6, 6.07) is 2.16. The second-order valence-corrected chi connectivity index (χ2v) is 6.16. The molecule has 2 N–H and O–H groups in total. The van der Waals surface area contributed by atoms with E-state index in [4.69, 9.17) is 0 Å². The Morgan fingerprint density at radius 2 is 2.20 bits per heavy atom. The highest BCUT2D eigenvalue weighted by atomic mass is 79.9. The van der Waals surface area contributed by atoms with Crippen LogP contribution in [0.3, 0.4) is 0 Å². The lowest BCUT2D eigenvalue weighted by Gasteiger charge is -2.25. The van der Waals surface area contributed by atoms with Crippen LogP contribution in [-0.4, -0.2) is 18.6 Å². The fourth-order valence-electron chi connectivity index (χ4n) is 1.49. The lowest BCUT2D eigenvalue weighted by Crippen LogP contribution is -2.47. The molecule has 1 aromatic rings. The molecule has 15 heavy (non-hydrogen) atoms. The third kappa shape index (κ3) is 5.11. The molecule has 0 amide bonds. The van der Waals surface area contributed by atoms with Gasteiger partial charge in [-0.25, -0.2) is 0 Å². The zero-order valence-electron chi connectivity index (χ0n) is 9.56. The van der Waals surface area contributed by atoms with E-state index in [9.17, 15) is 0 Å². The van der Waals surface area contributed by atoms with Crippen LogP contribution in [0, 0.1) is 0 Å². The zero-order chi connectivity index (χ0) is 11.3. The lowest BCUT2D eigenvalue weighted by molar-refractivity contribution is 0.374. The van der Waals surface area contributed by atoms with Gasteiger partial charge in [-0.1, -0.05) is 6.92 Å². The van der Waals surface area contributed by atoms with Gasteiger partial charge in [-0.3, -0.25) is 0 Å². The lowest BCUT2D eigenvalue weighted by atomic mass is 10.1. The molecule has 0 aliphatic heterocycles. The van der Waals surface area contributed by atoms with Crippen LogP contribution in [0.25, 0.3) is 0 Å². The van der Waals surface area contributed by atoms with Crippen LogP contribution in [-0.2, 0) is 6.54 Å². The third-order valence-electron chi connectivity index (χ3n) is 2.14. The first-order valence-electron chi connectivity index (χ1n) is 5.22. The highest BCUT2D eigenvalue weighted by Crippen LogP contribution is 2.19. The van der Waals surface area contributed by atoms with Crippen molar-refractivity contribution in [1.82, 2.24) is 10.6 Å². The molecule has 0 aromatic carbocycles. The van der Waals surface area contributed by atoms with Crippen molar-refractivity contribution >= 4 is 27.3 Å². The molecule has 86 valence electrons. The molecule has 1 heterocycles. The SMILES string of the molecule is CCNC(C)(C)CNCc1cc(Br)cs1. The van der Waals surface area contributed by atoms with Gasteiger partial charge in [-0.15, -0.1) is 11.3 Å². The molecular weight excluding hydrogens is 272 g/mol.